The Hall–Kier alpha value is -2.04. The first-order chi connectivity index (χ1) is 9.11. The number of carbonyl (C=O) groups excluding carboxylic acids is 1. The second kappa shape index (κ2) is 4.26. The van der Waals surface area contributed by atoms with E-state index in [1.54, 1.807) is 0 Å². The molecule has 5 nitrogen and oxygen atoms in total. The van der Waals surface area contributed by atoms with Crippen LogP contribution in [0.25, 0.3) is 0 Å². The number of nitrogens with one attached hydrogen (secondary N) is 1. The second-order valence-electron chi connectivity index (χ2n) is 5.24. The molecule has 0 atom stereocenters. The topological polar surface area (TPSA) is 69.6 Å². The summed E-state index contributed by atoms with van der Waals surface area (Å²) in [5, 5.41) is 11.7. The molecule has 0 bridgehead atoms. The summed E-state index contributed by atoms with van der Waals surface area (Å²) in [5.41, 5.74) is 1.34. The van der Waals surface area contributed by atoms with E-state index < -0.39 is 11.5 Å². The van der Waals surface area contributed by atoms with Crippen LogP contribution in [0, 0.1) is 0 Å². The molecule has 2 N–H and O–H groups in total. The Labute approximate surface area is 111 Å². The van der Waals surface area contributed by atoms with Gasteiger partial charge in [-0.3, -0.25) is 4.79 Å². The van der Waals surface area contributed by atoms with Crippen LogP contribution >= 0.6 is 0 Å². The Kier molecular flexibility index (Phi) is 2.69. The number of amides is 1. The highest BCUT2D eigenvalue weighted by molar-refractivity contribution is 5.91. The number of hydrogen-bond acceptors (Lipinski definition) is 3. The Morgan fingerprint density at radius 2 is 2.05 bits per heavy atom. The molecule has 1 amide bonds. The van der Waals surface area contributed by atoms with Crippen LogP contribution in [-0.4, -0.2) is 35.6 Å². The van der Waals surface area contributed by atoms with Crippen LogP contribution in [-0.2, 0) is 16.0 Å². The standard InChI is InChI=1S/C14H16N2O3/c17-12(15-14(6-7-14)13(18)19)9-16-8-5-10-3-1-2-4-11(10)16/h1-4H,5-9H2,(H,15,17)(H,18,19). The summed E-state index contributed by atoms with van der Waals surface area (Å²) in [4.78, 5) is 25.0. The van der Waals surface area contributed by atoms with Crippen molar-refractivity contribution in [3.05, 3.63) is 29.8 Å². The minimum Gasteiger partial charge on any atom is -0.480 e. The van der Waals surface area contributed by atoms with Gasteiger partial charge in [0.2, 0.25) is 5.91 Å². The monoisotopic (exact) mass is 260 g/mol. The average Bonchev–Trinajstić information content (AvgIpc) is 3.06. The molecule has 0 aromatic heterocycles. The third kappa shape index (κ3) is 2.16. The summed E-state index contributed by atoms with van der Waals surface area (Å²) < 4.78 is 0. The van der Waals surface area contributed by atoms with Gasteiger partial charge in [-0.15, -0.1) is 0 Å². The molecule has 1 aromatic rings. The first kappa shape index (κ1) is 12.0. The quantitative estimate of drug-likeness (QED) is 0.839. The van der Waals surface area contributed by atoms with Gasteiger partial charge >= 0.3 is 5.97 Å². The van der Waals surface area contributed by atoms with Gasteiger partial charge in [-0.2, -0.15) is 0 Å². The molecule has 5 heteroatoms. The van der Waals surface area contributed by atoms with Crippen molar-refractivity contribution in [3.63, 3.8) is 0 Å². The van der Waals surface area contributed by atoms with Crippen LogP contribution < -0.4 is 10.2 Å². The highest BCUT2D eigenvalue weighted by Gasteiger charge is 2.51. The van der Waals surface area contributed by atoms with E-state index in [0.29, 0.717) is 12.8 Å². The maximum absolute atomic E-state index is 12.0. The predicted molar refractivity (Wildman–Crippen MR) is 70.1 cm³/mol. The van der Waals surface area contributed by atoms with E-state index in [1.807, 2.05) is 23.1 Å². The van der Waals surface area contributed by atoms with Gasteiger partial charge in [0.05, 0.1) is 6.54 Å². The van der Waals surface area contributed by atoms with Crippen LogP contribution in [0.15, 0.2) is 24.3 Å². The average molecular weight is 260 g/mol. The number of aliphatic carboxylic acids is 1. The van der Waals surface area contributed by atoms with Crippen molar-refractivity contribution >= 4 is 17.6 Å². The van der Waals surface area contributed by atoms with Gasteiger partial charge in [-0.25, -0.2) is 4.79 Å². The number of para-hydroxylation sites is 1. The minimum atomic E-state index is -0.990. The molecule has 1 saturated carbocycles. The van der Waals surface area contributed by atoms with Crippen LogP contribution in [0.3, 0.4) is 0 Å². The number of fused-ring (bicyclic) bond motifs is 1. The molecule has 0 radical (unpaired) electrons. The Balaban J connectivity index is 1.64. The van der Waals surface area contributed by atoms with Crippen molar-refractivity contribution in [3.8, 4) is 0 Å². The van der Waals surface area contributed by atoms with Gasteiger partial charge in [0.15, 0.2) is 0 Å². The maximum atomic E-state index is 12.0. The molecule has 2 aliphatic rings. The fourth-order valence-electron chi connectivity index (χ4n) is 2.57. The van der Waals surface area contributed by atoms with Gasteiger partial charge in [0.25, 0.3) is 0 Å². The van der Waals surface area contributed by atoms with Crippen molar-refractivity contribution in [1.82, 2.24) is 5.32 Å². The molecular weight excluding hydrogens is 244 g/mol. The number of carboxylic acids is 1. The van der Waals surface area contributed by atoms with E-state index in [0.717, 1.165) is 18.7 Å². The van der Waals surface area contributed by atoms with E-state index in [4.69, 9.17) is 5.11 Å². The summed E-state index contributed by atoms with van der Waals surface area (Å²) in [7, 11) is 0. The summed E-state index contributed by atoms with van der Waals surface area (Å²) in [6, 6.07) is 8.01. The molecule has 1 fully saturated rings. The van der Waals surface area contributed by atoms with Gasteiger partial charge in [0, 0.05) is 12.2 Å². The first-order valence-electron chi connectivity index (χ1n) is 6.48. The van der Waals surface area contributed by atoms with Crippen molar-refractivity contribution in [1.29, 1.82) is 0 Å². The summed E-state index contributed by atoms with van der Waals surface area (Å²) in [6.45, 7) is 1.04. The number of anilines is 1. The van der Waals surface area contributed by atoms with Crippen molar-refractivity contribution in [2.24, 2.45) is 0 Å². The largest absolute Gasteiger partial charge is 0.480 e. The van der Waals surface area contributed by atoms with Crippen LogP contribution in [0.2, 0.25) is 0 Å². The normalized spacial score (nSPS) is 18.8. The highest BCUT2D eigenvalue weighted by Crippen LogP contribution is 2.35. The molecule has 1 aliphatic carbocycles. The third-order valence-corrected chi connectivity index (χ3v) is 3.86. The molecule has 1 aliphatic heterocycles. The molecule has 1 heterocycles. The molecular formula is C14H16N2O3. The summed E-state index contributed by atoms with van der Waals surface area (Å²) in [6.07, 6.45) is 2.00. The molecule has 0 saturated heterocycles. The molecule has 3 rings (SSSR count). The van der Waals surface area contributed by atoms with Crippen molar-refractivity contribution in [2.45, 2.75) is 24.8 Å². The zero-order valence-corrected chi connectivity index (χ0v) is 10.6. The minimum absolute atomic E-state index is 0.211. The fourth-order valence-corrected chi connectivity index (χ4v) is 2.57. The third-order valence-electron chi connectivity index (χ3n) is 3.86. The Morgan fingerprint density at radius 1 is 1.32 bits per heavy atom. The summed E-state index contributed by atoms with van der Waals surface area (Å²) >= 11 is 0. The van der Waals surface area contributed by atoms with Crippen molar-refractivity contribution in [2.75, 3.05) is 18.0 Å². The molecule has 19 heavy (non-hydrogen) atoms. The zero-order chi connectivity index (χ0) is 13.5. The van der Waals surface area contributed by atoms with Gasteiger partial charge in [-0.05, 0) is 30.9 Å². The summed E-state index contributed by atoms with van der Waals surface area (Å²) in [5.74, 6) is -1.14. The number of rotatable bonds is 4. The number of carboxylic acid groups (broad SMARTS) is 1. The number of carbonyl (C=O) groups is 2. The van der Waals surface area contributed by atoms with E-state index >= 15 is 0 Å². The highest BCUT2D eigenvalue weighted by atomic mass is 16.4. The van der Waals surface area contributed by atoms with E-state index in [2.05, 4.69) is 11.4 Å². The lowest BCUT2D eigenvalue weighted by Crippen LogP contribution is -2.47. The van der Waals surface area contributed by atoms with Gasteiger partial charge < -0.3 is 15.3 Å². The lowest BCUT2D eigenvalue weighted by Gasteiger charge is -2.20. The van der Waals surface area contributed by atoms with Crippen LogP contribution in [0.5, 0.6) is 0 Å². The van der Waals surface area contributed by atoms with Gasteiger partial charge in [0.1, 0.15) is 5.54 Å². The molecule has 0 unspecified atom stereocenters. The number of hydrogen-bond donors (Lipinski definition) is 2. The van der Waals surface area contributed by atoms with Crippen LogP contribution in [0.4, 0.5) is 5.69 Å². The SMILES string of the molecule is O=C(CN1CCc2ccccc21)NC1(C(=O)O)CC1. The lowest BCUT2D eigenvalue weighted by atomic mass is 10.2. The van der Waals surface area contributed by atoms with E-state index in [-0.39, 0.29) is 12.5 Å². The van der Waals surface area contributed by atoms with E-state index in [1.165, 1.54) is 5.56 Å². The Morgan fingerprint density at radius 3 is 2.74 bits per heavy atom. The predicted octanol–water partition coefficient (Wildman–Crippen LogP) is 0.782. The van der Waals surface area contributed by atoms with Crippen molar-refractivity contribution < 1.29 is 14.7 Å². The fraction of sp³-hybridized carbons (Fsp3) is 0.429. The van der Waals surface area contributed by atoms with Gasteiger partial charge in [-0.1, -0.05) is 18.2 Å². The Bertz CT molecular complexity index is 537. The lowest BCUT2D eigenvalue weighted by molar-refractivity contribution is -0.142. The van der Waals surface area contributed by atoms with E-state index in [9.17, 15) is 9.59 Å². The number of benzene rings is 1. The smallest absolute Gasteiger partial charge is 0.329 e. The maximum Gasteiger partial charge on any atom is 0.329 e. The first-order valence-corrected chi connectivity index (χ1v) is 6.48. The molecule has 100 valence electrons. The molecule has 1 aromatic carbocycles. The van der Waals surface area contributed by atoms with Crippen LogP contribution in [0.1, 0.15) is 18.4 Å². The second-order valence-corrected chi connectivity index (χ2v) is 5.24. The number of nitrogens with zero attached hydrogens (tertiary/aromatic N) is 1. The zero-order valence-electron chi connectivity index (χ0n) is 10.6. The molecule has 0 spiro atoms.